The Bertz CT molecular complexity index is 629. The van der Waals surface area contributed by atoms with Crippen molar-refractivity contribution in [3.05, 3.63) is 29.8 Å². The maximum atomic E-state index is 12.4. The summed E-state index contributed by atoms with van der Waals surface area (Å²) in [6, 6.07) is 8.64. The van der Waals surface area contributed by atoms with Crippen molar-refractivity contribution in [2.45, 2.75) is 26.9 Å². The molecule has 2 aliphatic rings. The fourth-order valence-electron chi connectivity index (χ4n) is 4.06. The van der Waals surface area contributed by atoms with Gasteiger partial charge in [0, 0.05) is 58.0 Å². The number of nitrogens with one attached hydrogen (secondary N) is 1. The first-order valence-corrected chi connectivity index (χ1v) is 10.6. The summed E-state index contributed by atoms with van der Waals surface area (Å²) in [6.07, 6.45) is 0.106. The monoisotopic (exact) mass is 388 g/mol. The highest BCUT2D eigenvalue weighted by Crippen LogP contribution is 2.17. The first kappa shape index (κ1) is 21.1. The lowest BCUT2D eigenvalue weighted by atomic mass is 10.2. The topological polar surface area (TPSA) is 48.0 Å². The maximum absolute atomic E-state index is 12.4. The van der Waals surface area contributed by atoms with E-state index in [2.05, 4.69) is 65.1 Å². The van der Waals surface area contributed by atoms with Gasteiger partial charge in [-0.1, -0.05) is 26.0 Å². The smallest absolute Gasteiger partial charge is 0.234 e. The molecule has 1 aromatic rings. The highest BCUT2D eigenvalue weighted by atomic mass is 16.5. The van der Waals surface area contributed by atoms with Crippen molar-refractivity contribution in [2.75, 3.05) is 70.4 Å². The molecule has 1 unspecified atom stereocenters. The molecule has 0 radical (unpaired) electrons. The Kier molecular flexibility index (Phi) is 7.71. The summed E-state index contributed by atoms with van der Waals surface area (Å²) < 4.78 is 5.83. The highest BCUT2D eigenvalue weighted by Gasteiger charge is 2.23. The quantitative estimate of drug-likeness (QED) is 0.769. The molecule has 2 saturated heterocycles. The highest BCUT2D eigenvalue weighted by molar-refractivity contribution is 5.78. The average Bonchev–Trinajstić information content (AvgIpc) is 2.67. The van der Waals surface area contributed by atoms with Crippen LogP contribution in [0.4, 0.5) is 5.69 Å². The fourth-order valence-corrected chi connectivity index (χ4v) is 4.06. The second-order valence-corrected chi connectivity index (χ2v) is 8.55. The molecule has 0 aliphatic carbocycles. The van der Waals surface area contributed by atoms with Crippen LogP contribution in [0, 0.1) is 12.8 Å². The van der Waals surface area contributed by atoms with Crippen LogP contribution in [0.1, 0.15) is 19.4 Å². The molecule has 6 heteroatoms. The summed E-state index contributed by atoms with van der Waals surface area (Å²) in [6.45, 7) is 15.2. The van der Waals surface area contributed by atoms with Gasteiger partial charge in [0.25, 0.3) is 0 Å². The lowest BCUT2D eigenvalue weighted by Gasteiger charge is -2.36. The molecular weight excluding hydrogens is 352 g/mol. The molecule has 1 amide bonds. The molecule has 1 atom stereocenters. The second kappa shape index (κ2) is 10.2. The van der Waals surface area contributed by atoms with Crippen molar-refractivity contribution in [3.63, 3.8) is 0 Å². The Morgan fingerprint density at radius 1 is 1.18 bits per heavy atom. The first-order valence-electron chi connectivity index (χ1n) is 10.6. The number of ether oxygens (including phenoxy) is 1. The summed E-state index contributed by atoms with van der Waals surface area (Å²) in [7, 11) is 0. The first-order chi connectivity index (χ1) is 13.5. The van der Waals surface area contributed by atoms with Crippen LogP contribution in [0.15, 0.2) is 24.3 Å². The van der Waals surface area contributed by atoms with Crippen molar-refractivity contribution in [2.24, 2.45) is 5.92 Å². The molecule has 2 fully saturated rings. The number of rotatable bonds is 7. The molecular formula is C22H36N4O2. The van der Waals surface area contributed by atoms with Crippen LogP contribution < -0.4 is 10.2 Å². The van der Waals surface area contributed by atoms with Crippen molar-refractivity contribution in [3.8, 4) is 0 Å². The number of anilines is 1. The number of morpholine rings is 1. The molecule has 28 heavy (non-hydrogen) atoms. The van der Waals surface area contributed by atoms with Gasteiger partial charge < -0.3 is 15.0 Å². The van der Waals surface area contributed by atoms with E-state index in [0.717, 1.165) is 52.4 Å². The molecule has 0 saturated carbocycles. The van der Waals surface area contributed by atoms with Crippen LogP contribution in [0.25, 0.3) is 0 Å². The van der Waals surface area contributed by atoms with Gasteiger partial charge in [-0.3, -0.25) is 14.6 Å². The SMILES string of the molecule is Cc1cccc(N2CCN(CC(=O)NCC3CN(CC(C)C)CCO3)CC2)c1. The van der Waals surface area contributed by atoms with Gasteiger partial charge in [-0.05, 0) is 30.5 Å². The normalized spacial score (nSPS) is 21.9. The number of amides is 1. The minimum absolute atomic E-state index is 0.105. The number of hydrogen-bond acceptors (Lipinski definition) is 5. The molecule has 2 heterocycles. The Balaban J connectivity index is 1.35. The van der Waals surface area contributed by atoms with Crippen LogP contribution in [0.3, 0.4) is 0 Å². The lowest BCUT2D eigenvalue weighted by molar-refractivity contribution is -0.123. The van der Waals surface area contributed by atoms with Crippen molar-refractivity contribution in [1.29, 1.82) is 0 Å². The zero-order valence-corrected chi connectivity index (χ0v) is 17.7. The summed E-state index contributed by atoms with van der Waals surface area (Å²) in [4.78, 5) is 19.5. The summed E-state index contributed by atoms with van der Waals surface area (Å²) in [5.41, 5.74) is 2.57. The number of hydrogen-bond donors (Lipinski definition) is 1. The van der Waals surface area contributed by atoms with Gasteiger partial charge in [0.1, 0.15) is 0 Å². The van der Waals surface area contributed by atoms with Crippen LogP contribution in [0.5, 0.6) is 0 Å². The molecule has 2 aliphatic heterocycles. The van der Waals surface area contributed by atoms with Gasteiger partial charge in [0.05, 0.1) is 19.3 Å². The van der Waals surface area contributed by atoms with E-state index in [1.807, 2.05) is 0 Å². The number of nitrogens with zero attached hydrogens (tertiary/aromatic N) is 3. The fraction of sp³-hybridized carbons (Fsp3) is 0.682. The number of carbonyl (C=O) groups excluding carboxylic acids is 1. The minimum Gasteiger partial charge on any atom is -0.374 e. The average molecular weight is 389 g/mol. The lowest BCUT2D eigenvalue weighted by Crippen LogP contribution is -2.52. The predicted molar refractivity (Wildman–Crippen MR) is 114 cm³/mol. The van der Waals surface area contributed by atoms with Gasteiger partial charge >= 0.3 is 0 Å². The number of piperazine rings is 1. The van der Waals surface area contributed by atoms with E-state index in [-0.39, 0.29) is 12.0 Å². The second-order valence-electron chi connectivity index (χ2n) is 8.55. The third kappa shape index (κ3) is 6.47. The van der Waals surface area contributed by atoms with E-state index in [0.29, 0.717) is 19.0 Å². The third-order valence-corrected chi connectivity index (χ3v) is 5.48. The number of carbonyl (C=O) groups is 1. The molecule has 1 N–H and O–H groups in total. The van der Waals surface area contributed by atoms with Gasteiger partial charge in [-0.25, -0.2) is 0 Å². The Hall–Kier alpha value is -1.63. The van der Waals surface area contributed by atoms with Gasteiger partial charge in [-0.2, -0.15) is 0 Å². The van der Waals surface area contributed by atoms with Crippen LogP contribution in [0.2, 0.25) is 0 Å². The molecule has 156 valence electrons. The van der Waals surface area contributed by atoms with E-state index in [4.69, 9.17) is 4.74 Å². The summed E-state index contributed by atoms with van der Waals surface area (Å²) in [5, 5.41) is 3.08. The molecule has 1 aromatic carbocycles. The Morgan fingerprint density at radius 3 is 2.68 bits per heavy atom. The number of aryl methyl sites for hydroxylation is 1. The third-order valence-electron chi connectivity index (χ3n) is 5.48. The number of benzene rings is 1. The van der Waals surface area contributed by atoms with Crippen LogP contribution >= 0.6 is 0 Å². The van der Waals surface area contributed by atoms with Gasteiger partial charge in [-0.15, -0.1) is 0 Å². The molecule has 3 rings (SSSR count). The Labute approximate surface area is 169 Å². The summed E-state index contributed by atoms with van der Waals surface area (Å²) >= 11 is 0. The molecule has 0 spiro atoms. The molecule has 6 nitrogen and oxygen atoms in total. The Morgan fingerprint density at radius 2 is 1.96 bits per heavy atom. The zero-order valence-electron chi connectivity index (χ0n) is 17.7. The van der Waals surface area contributed by atoms with Gasteiger partial charge in [0.15, 0.2) is 0 Å². The van der Waals surface area contributed by atoms with Crippen molar-refractivity contribution in [1.82, 2.24) is 15.1 Å². The van der Waals surface area contributed by atoms with Crippen LogP contribution in [-0.2, 0) is 9.53 Å². The van der Waals surface area contributed by atoms with Crippen molar-refractivity contribution < 1.29 is 9.53 Å². The van der Waals surface area contributed by atoms with Crippen LogP contribution in [-0.4, -0.2) is 87.3 Å². The van der Waals surface area contributed by atoms with E-state index in [9.17, 15) is 4.79 Å². The van der Waals surface area contributed by atoms with E-state index in [1.165, 1.54) is 11.3 Å². The van der Waals surface area contributed by atoms with E-state index < -0.39 is 0 Å². The maximum Gasteiger partial charge on any atom is 0.234 e. The molecule has 0 aromatic heterocycles. The standard InChI is InChI=1S/C22H36N4O2/c1-18(2)15-25-11-12-28-21(16-25)14-23-22(27)17-24-7-9-26(10-8-24)20-6-4-5-19(3)13-20/h4-6,13,18,21H,7-12,14-17H2,1-3H3,(H,23,27). The van der Waals surface area contributed by atoms with E-state index in [1.54, 1.807) is 0 Å². The van der Waals surface area contributed by atoms with E-state index >= 15 is 0 Å². The van der Waals surface area contributed by atoms with Gasteiger partial charge in [0.2, 0.25) is 5.91 Å². The summed E-state index contributed by atoms with van der Waals surface area (Å²) in [5.74, 6) is 0.764. The minimum atomic E-state index is 0.105. The zero-order chi connectivity index (χ0) is 19.9. The molecule has 0 bridgehead atoms. The van der Waals surface area contributed by atoms with Crippen molar-refractivity contribution >= 4 is 11.6 Å². The largest absolute Gasteiger partial charge is 0.374 e. The predicted octanol–water partition coefficient (Wildman–Crippen LogP) is 1.59.